The Morgan fingerprint density at radius 3 is 2.36 bits per heavy atom. The fourth-order valence-electron chi connectivity index (χ4n) is 2.38. The normalized spacial score (nSPS) is 19.0. The molecule has 1 heterocycles. The molecule has 0 aromatic heterocycles. The first-order valence-corrected chi connectivity index (χ1v) is 9.99. The van der Waals surface area contributed by atoms with Gasteiger partial charge in [-0.1, -0.05) is 13.0 Å². The largest absolute Gasteiger partial charge is 0.317 e. The third-order valence-corrected chi connectivity index (χ3v) is 6.25. The van der Waals surface area contributed by atoms with Gasteiger partial charge in [-0.05, 0) is 49.5 Å². The van der Waals surface area contributed by atoms with E-state index in [1.807, 2.05) is 6.92 Å². The zero-order valence-corrected chi connectivity index (χ0v) is 14.0. The molecule has 1 aromatic carbocycles. The van der Waals surface area contributed by atoms with Gasteiger partial charge in [0, 0.05) is 6.54 Å². The van der Waals surface area contributed by atoms with E-state index in [-0.39, 0.29) is 15.2 Å². The van der Waals surface area contributed by atoms with Gasteiger partial charge in [0.1, 0.15) is 0 Å². The van der Waals surface area contributed by atoms with E-state index in [0.29, 0.717) is 6.54 Å². The fraction of sp³-hybridized carbons (Fsp3) is 0.538. The summed E-state index contributed by atoms with van der Waals surface area (Å²) in [5, 5.41) is 8.27. The smallest absolute Gasteiger partial charge is 0.240 e. The van der Waals surface area contributed by atoms with Crippen molar-refractivity contribution in [3.63, 3.8) is 0 Å². The average Bonchev–Trinajstić information content (AvgIpc) is 2.46. The van der Waals surface area contributed by atoms with Crippen LogP contribution in [0.5, 0.6) is 0 Å². The predicted octanol–water partition coefficient (Wildman–Crippen LogP) is 0.00200. The monoisotopic (exact) mass is 347 g/mol. The van der Waals surface area contributed by atoms with Crippen LogP contribution >= 0.6 is 0 Å². The van der Waals surface area contributed by atoms with E-state index < -0.39 is 20.0 Å². The Kier molecular flexibility index (Phi) is 4.93. The number of sulfonamides is 2. The summed E-state index contributed by atoms with van der Waals surface area (Å²) in [5.74, 6) is 0. The number of benzene rings is 1. The molecule has 1 saturated heterocycles. The van der Waals surface area contributed by atoms with Crippen molar-refractivity contribution in [2.75, 3.05) is 19.6 Å². The number of hydrogen-bond acceptors (Lipinski definition) is 5. The Morgan fingerprint density at radius 2 is 1.77 bits per heavy atom. The van der Waals surface area contributed by atoms with E-state index in [4.69, 9.17) is 5.14 Å². The van der Waals surface area contributed by atoms with E-state index >= 15 is 0 Å². The van der Waals surface area contributed by atoms with Crippen molar-refractivity contribution in [3.8, 4) is 0 Å². The van der Waals surface area contributed by atoms with Crippen molar-refractivity contribution in [2.45, 2.75) is 29.6 Å². The highest BCUT2D eigenvalue weighted by atomic mass is 32.2. The van der Waals surface area contributed by atoms with Crippen molar-refractivity contribution < 1.29 is 16.8 Å². The van der Waals surface area contributed by atoms with Gasteiger partial charge in [-0.3, -0.25) is 0 Å². The topological polar surface area (TPSA) is 118 Å². The Labute approximate surface area is 131 Å². The molecule has 1 fully saturated rings. The molecule has 7 nitrogen and oxygen atoms in total. The van der Waals surface area contributed by atoms with Gasteiger partial charge in [0.25, 0.3) is 0 Å². The van der Waals surface area contributed by atoms with Crippen LogP contribution in [0.1, 0.15) is 19.8 Å². The molecular formula is C13H21N3O4S2. The maximum atomic E-state index is 12.3. The first-order chi connectivity index (χ1) is 10.1. The molecule has 0 aliphatic carbocycles. The van der Waals surface area contributed by atoms with Gasteiger partial charge in [0.2, 0.25) is 20.0 Å². The summed E-state index contributed by atoms with van der Waals surface area (Å²) >= 11 is 0. The maximum absolute atomic E-state index is 12.3. The summed E-state index contributed by atoms with van der Waals surface area (Å²) < 4.78 is 49.9. The first kappa shape index (κ1) is 17.4. The quantitative estimate of drug-likeness (QED) is 0.693. The standard InChI is InChI=1S/C13H21N3O4S2/c1-13(5-7-15-8-6-13)10-16-22(19,20)12-4-2-3-11(9-12)21(14,17)18/h2-4,9,15-16H,5-8,10H2,1H3,(H2,14,17,18). The van der Waals surface area contributed by atoms with Gasteiger partial charge in [0.05, 0.1) is 9.79 Å². The Balaban J connectivity index is 2.17. The second-order valence-electron chi connectivity index (χ2n) is 5.91. The summed E-state index contributed by atoms with van der Waals surface area (Å²) in [4.78, 5) is -0.319. The van der Waals surface area contributed by atoms with Crippen LogP contribution < -0.4 is 15.2 Å². The van der Waals surface area contributed by atoms with Crippen LogP contribution in [-0.2, 0) is 20.0 Å². The molecule has 0 saturated carbocycles. The molecule has 1 aliphatic heterocycles. The highest BCUT2D eigenvalue weighted by Gasteiger charge is 2.29. The minimum Gasteiger partial charge on any atom is -0.317 e. The van der Waals surface area contributed by atoms with E-state index in [1.165, 1.54) is 18.2 Å². The van der Waals surface area contributed by atoms with Crippen molar-refractivity contribution in [1.82, 2.24) is 10.0 Å². The van der Waals surface area contributed by atoms with Crippen molar-refractivity contribution in [2.24, 2.45) is 10.6 Å². The number of rotatable bonds is 5. The third-order valence-electron chi connectivity index (χ3n) is 3.94. The first-order valence-electron chi connectivity index (χ1n) is 6.96. The molecule has 22 heavy (non-hydrogen) atoms. The van der Waals surface area contributed by atoms with Crippen molar-refractivity contribution >= 4 is 20.0 Å². The zero-order valence-electron chi connectivity index (χ0n) is 12.4. The van der Waals surface area contributed by atoms with Gasteiger partial charge >= 0.3 is 0 Å². The molecule has 2 rings (SSSR count). The van der Waals surface area contributed by atoms with Crippen LogP contribution in [0.25, 0.3) is 0 Å². The second-order valence-corrected chi connectivity index (χ2v) is 9.23. The van der Waals surface area contributed by atoms with Gasteiger partial charge in [0.15, 0.2) is 0 Å². The van der Waals surface area contributed by atoms with E-state index in [1.54, 1.807) is 0 Å². The number of nitrogens with one attached hydrogen (secondary N) is 2. The second kappa shape index (κ2) is 6.25. The molecule has 1 aliphatic rings. The fourth-order valence-corrected chi connectivity index (χ4v) is 4.26. The summed E-state index contributed by atoms with van der Waals surface area (Å²) in [6, 6.07) is 5.05. The molecule has 0 amide bonds. The molecule has 0 unspecified atom stereocenters. The maximum Gasteiger partial charge on any atom is 0.240 e. The van der Waals surface area contributed by atoms with Gasteiger partial charge in [-0.2, -0.15) is 0 Å². The van der Waals surface area contributed by atoms with Crippen LogP contribution in [0.2, 0.25) is 0 Å². The summed E-state index contributed by atoms with van der Waals surface area (Å²) in [6.45, 7) is 4.08. The number of primary sulfonamides is 1. The van der Waals surface area contributed by atoms with E-state index in [9.17, 15) is 16.8 Å². The zero-order chi connectivity index (χ0) is 16.4. The lowest BCUT2D eigenvalue weighted by Gasteiger charge is -2.34. The van der Waals surface area contributed by atoms with Crippen LogP contribution in [0, 0.1) is 5.41 Å². The van der Waals surface area contributed by atoms with Crippen LogP contribution in [-0.4, -0.2) is 36.5 Å². The third kappa shape index (κ3) is 4.26. The number of nitrogens with two attached hydrogens (primary N) is 1. The van der Waals surface area contributed by atoms with Crippen LogP contribution in [0.4, 0.5) is 0 Å². The highest BCUT2D eigenvalue weighted by molar-refractivity contribution is 7.90. The minimum absolute atomic E-state index is 0.100. The van der Waals surface area contributed by atoms with Crippen molar-refractivity contribution in [1.29, 1.82) is 0 Å². The van der Waals surface area contributed by atoms with Gasteiger partial charge in [-0.25, -0.2) is 26.7 Å². The Morgan fingerprint density at radius 1 is 1.18 bits per heavy atom. The molecule has 0 bridgehead atoms. The molecule has 0 radical (unpaired) electrons. The summed E-state index contributed by atoms with van der Waals surface area (Å²) in [5.41, 5.74) is -0.101. The molecule has 124 valence electrons. The number of piperidine rings is 1. The highest BCUT2D eigenvalue weighted by Crippen LogP contribution is 2.27. The van der Waals surface area contributed by atoms with E-state index in [0.717, 1.165) is 32.0 Å². The molecular weight excluding hydrogens is 326 g/mol. The average molecular weight is 347 g/mol. The Bertz CT molecular complexity index is 738. The number of hydrogen-bond donors (Lipinski definition) is 3. The van der Waals surface area contributed by atoms with Crippen LogP contribution in [0.3, 0.4) is 0 Å². The summed E-state index contributed by atoms with van der Waals surface area (Å²) in [7, 11) is -7.70. The molecule has 9 heteroatoms. The molecule has 4 N–H and O–H groups in total. The van der Waals surface area contributed by atoms with Gasteiger partial charge < -0.3 is 5.32 Å². The molecule has 0 atom stereocenters. The molecule has 1 aromatic rings. The lowest BCUT2D eigenvalue weighted by atomic mass is 9.81. The Hall–Kier alpha value is -1.00. The van der Waals surface area contributed by atoms with Gasteiger partial charge in [-0.15, -0.1) is 0 Å². The summed E-state index contributed by atoms with van der Waals surface area (Å²) in [6.07, 6.45) is 1.76. The van der Waals surface area contributed by atoms with Crippen LogP contribution in [0.15, 0.2) is 34.1 Å². The molecule has 0 spiro atoms. The van der Waals surface area contributed by atoms with E-state index in [2.05, 4.69) is 10.0 Å². The lowest BCUT2D eigenvalue weighted by Crippen LogP contribution is -2.42. The predicted molar refractivity (Wildman–Crippen MR) is 83.2 cm³/mol. The SMILES string of the molecule is CC1(CNS(=O)(=O)c2cccc(S(N)(=O)=O)c2)CCNCC1. The minimum atomic E-state index is -3.93. The lowest BCUT2D eigenvalue weighted by molar-refractivity contribution is 0.232. The van der Waals surface area contributed by atoms with Crippen molar-refractivity contribution in [3.05, 3.63) is 24.3 Å².